The van der Waals surface area contributed by atoms with E-state index in [9.17, 15) is 0 Å². The van der Waals surface area contributed by atoms with Crippen LogP contribution in [0.4, 0.5) is 0 Å². The summed E-state index contributed by atoms with van der Waals surface area (Å²) in [5, 5.41) is 3.29. The Morgan fingerprint density at radius 1 is 1.35 bits per heavy atom. The molecule has 0 radical (unpaired) electrons. The maximum absolute atomic E-state index is 6.18. The van der Waals surface area contributed by atoms with E-state index in [1.807, 2.05) is 13.1 Å². The highest BCUT2D eigenvalue weighted by Gasteiger charge is 2.17. The molecule has 0 bridgehead atoms. The summed E-state index contributed by atoms with van der Waals surface area (Å²) in [5.74, 6) is 0. The molecule has 1 nitrogen and oxygen atoms in total. The number of hydrogen-bond acceptors (Lipinski definition) is 3. The summed E-state index contributed by atoms with van der Waals surface area (Å²) in [4.78, 5) is 1.31. The average molecular weight is 371 g/mol. The van der Waals surface area contributed by atoms with Gasteiger partial charge in [0.1, 0.15) is 0 Å². The molecule has 0 aliphatic carbocycles. The fourth-order valence-corrected chi connectivity index (χ4v) is 4.73. The molecular formula is C11H10BrCl2NS2. The van der Waals surface area contributed by atoms with Crippen LogP contribution in [-0.4, -0.2) is 7.05 Å². The van der Waals surface area contributed by atoms with Gasteiger partial charge in [0.25, 0.3) is 0 Å². The second-order valence-electron chi connectivity index (χ2n) is 3.53. The van der Waals surface area contributed by atoms with Crippen LogP contribution >= 0.6 is 61.8 Å². The van der Waals surface area contributed by atoms with E-state index >= 15 is 0 Å². The summed E-state index contributed by atoms with van der Waals surface area (Å²) >= 11 is 18.8. The Kier molecular flexibility index (Phi) is 4.92. The summed E-state index contributed by atoms with van der Waals surface area (Å²) in [5.41, 5.74) is 1.08. The predicted molar refractivity (Wildman–Crippen MR) is 81.9 cm³/mol. The minimum Gasteiger partial charge on any atom is -0.313 e. The Hall–Kier alpha value is 0.420. The van der Waals surface area contributed by atoms with Gasteiger partial charge in [0.2, 0.25) is 0 Å². The quantitative estimate of drug-likeness (QED) is 0.761. The van der Waals surface area contributed by atoms with Gasteiger partial charge in [-0.25, -0.2) is 0 Å². The smallest absolute Gasteiger partial charge is 0.0992 e. The Morgan fingerprint density at radius 3 is 2.59 bits per heavy atom. The van der Waals surface area contributed by atoms with Crippen molar-refractivity contribution in [2.24, 2.45) is 0 Å². The Labute approximate surface area is 127 Å². The van der Waals surface area contributed by atoms with Crippen molar-refractivity contribution in [2.45, 2.75) is 12.5 Å². The van der Waals surface area contributed by atoms with Crippen LogP contribution in [0.15, 0.2) is 22.0 Å². The van der Waals surface area contributed by atoms with E-state index in [1.165, 1.54) is 16.2 Å². The first-order valence-corrected chi connectivity index (χ1v) is 8.14. The van der Waals surface area contributed by atoms with Gasteiger partial charge in [0.05, 0.1) is 12.5 Å². The third-order valence-corrected chi connectivity index (χ3v) is 5.61. The van der Waals surface area contributed by atoms with E-state index in [2.05, 4.69) is 33.4 Å². The fraction of sp³-hybridized carbons (Fsp3) is 0.273. The van der Waals surface area contributed by atoms with Crippen molar-refractivity contribution in [1.82, 2.24) is 5.32 Å². The first kappa shape index (κ1) is 13.8. The maximum Gasteiger partial charge on any atom is 0.0992 e. The molecule has 1 atom stereocenters. The molecule has 2 aromatic rings. The highest BCUT2D eigenvalue weighted by Crippen LogP contribution is 2.37. The van der Waals surface area contributed by atoms with Crippen molar-refractivity contribution in [2.75, 3.05) is 7.05 Å². The molecule has 0 aliphatic rings. The van der Waals surface area contributed by atoms with E-state index in [0.717, 1.165) is 24.4 Å². The van der Waals surface area contributed by atoms with Gasteiger partial charge in [0.15, 0.2) is 0 Å². The van der Waals surface area contributed by atoms with Crippen molar-refractivity contribution in [1.29, 1.82) is 0 Å². The van der Waals surface area contributed by atoms with Gasteiger partial charge in [-0.1, -0.05) is 23.2 Å². The summed E-state index contributed by atoms with van der Waals surface area (Å²) in [6, 6.07) is 6.34. The standard InChI is InChI=1S/C11H10BrCl2NS2/c1-15-8(4-6-2-3-9(12)16-6)7-5-10(13)17-11(7)14/h2-3,5,8,15H,4H2,1H3. The van der Waals surface area contributed by atoms with Gasteiger partial charge < -0.3 is 5.32 Å². The van der Waals surface area contributed by atoms with Gasteiger partial charge in [-0.15, -0.1) is 22.7 Å². The van der Waals surface area contributed by atoms with Gasteiger partial charge in [-0.2, -0.15) is 0 Å². The molecule has 1 unspecified atom stereocenters. The van der Waals surface area contributed by atoms with Crippen LogP contribution in [0.2, 0.25) is 8.67 Å². The van der Waals surface area contributed by atoms with Crippen molar-refractivity contribution >= 4 is 61.8 Å². The number of halogens is 3. The Balaban J connectivity index is 2.19. The first-order valence-electron chi connectivity index (χ1n) is 4.96. The number of likely N-dealkylation sites (N-methyl/N-ethyl adjacent to an activating group) is 1. The van der Waals surface area contributed by atoms with Crippen LogP contribution in [0.3, 0.4) is 0 Å². The lowest BCUT2D eigenvalue weighted by molar-refractivity contribution is 0.599. The topological polar surface area (TPSA) is 12.0 Å². The fourth-order valence-electron chi connectivity index (χ4n) is 1.62. The third-order valence-electron chi connectivity index (χ3n) is 2.44. The van der Waals surface area contributed by atoms with Crippen molar-refractivity contribution in [3.05, 3.63) is 41.1 Å². The van der Waals surface area contributed by atoms with Gasteiger partial charge in [-0.05, 0) is 41.2 Å². The van der Waals surface area contributed by atoms with E-state index in [-0.39, 0.29) is 6.04 Å². The lowest BCUT2D eigenvalue weighted by Crippen LogP contribution is -2.18. The molecule has 2 rings (SSSR count). The average Bonchev–Trinajstić information content (AvgIpc) is 2.82. The third kappa shape index (κ3) is 3.46. The summed E-state index contributed by atoms with van der Waals surface area (Å²) in [6.07, 6.45) is 0.916. The first-order chi connectivity index (χ1) is 8.10. The molecule has 0 aliphatic heterocycles. The molecular weight excluding hydrogens is 361 g/mol. The molecule has 0 amide bonds. The minimum atomic E-state index is 0.205. The summed E-state index contributed by atoms with van der Waals surface area (Å²) in [6.45, 7) is 0. The Morgan fingerprint density at radius 2 is 2.12 bits per heavy atom. The van der Waals surface area contributed by atoms with Crippen molar-refractivity contribution in [3.63, 3.8) is 0 Å². The van der Waals surface area contributed by atoms with Crippen LogP contribution in [-0.2, 0) is 6.42 Å². The second kappa shape index (κ2) is 6.04. The molecule has 0 saturated carbocycles. The number of thiophene rings is 2. The van der Waals surface area contributed by atoms with Crippen molar-refractivity contribution < 1.29 is 0 Å². The zero-order valence-electron chi connectivity index (χ0n) is 8.97. The van der Waals surface area contributed by atoms with Crippen LogP contribution in [0.5, 0.6) is 0 Å². The molecule has 0 spiro atoms. The molecule has 0 aromatic carbocycles. The van der Waals surface area contributed by atoms with E-state index in [0.29, 0.717) is 0 Å². The van der Waals surface area contributed by atoms with Gasteiger partial charge in [-0.3, -0.25) is 0 Å². The zero-order chi connectivity index (χ0) is 12.4. The largest absolute Gasteiger partial charge is 0.313 e. The van der Waals surface area contributed by atoms with Gasteiger partial charge >= 0.3 is 0 Å². The molecule has 1 N–H and O–H groups in total. The Bertz CT molecular complexity index is 509. The lowest BCUT2D eigenvalue weighted by atomic mass is 10.1. The summed E-state index contributed by atoms with van der Waals surface area (Å²) in [7, 11) is 1.94. The van der Waals surface area contributed by atoms with Crippen LogP contribution in [0.25, 0.3) is 0 Å². The number of hydrogen-bond donors (Lipinski definition) is 1. The van der Waals surface area contributed by atoms with E-state index in [4.69, 9.17) is 23.2 Å². The van der Waals surface area contributed by atoms with E-state index in [1.54, 1.807) is 11.3 Å². The molecule has 17 heavy (non-hydrogen) atoms. The maximum atomic E-state index is 6.18. The molecule has 2 aromatic heterocycles. The van der Waals surface area contributed by atoms with Gasteiger partial charge in [0, 0.05) is 22.9 Å². The SMILES string of the molecule is CNC(Cc1ccc(Br)s1)c1cc(Cl)sc1Cl. The molecule has 6 heteroatoms. The second-order valence-corrected chi connectivity index (χ2v) is 8.36. The highest BCUT2D eigenvalue weighted by atomic mass is 79.9. The predicted octanol–water partition coefficient (Wildman–Crippen LogP) is 5.38. The molecule has 0 fully saturated rings. The normalized spacial score (nSPS) is 12.9. The molecule has 0 saturated heterocycles. The van der Waals surface area contributed by atoms with Crippen LogP contribution in [0, 0.1) is 0 Å². The molecule has 92 valence electrons. The molecule has 2 heterocycles. The summed E-state index contributed by atoms with van der Waals surface area (Å²) < 4.78 is 2.65. The zero-order valence-corrected chi connectivity index (χ0v) is 13.7. The van der Waals surface area contributed by atoms with Crippen molar-refractivity contribution in [3.8, 4) is 0 Å². The monoisotopic (exact) mass is 369 g/mol. The number of rotatable bonds is 4. The number of nitrogens with one attached hydrogen (secondary N) is 1. The van der Waals surface area contributed by atoms with Crippen LogP contribution in [0.1, 0.15) is 16.5 Å². The van der Waals surface area contributed by atoms with E-state index < -0.39 is 0 Å². The highest BCUT2D eigenvalue weighted by molar-refractivity contribution is 9.11. The van der Waals surface area contributed by atoms with Crippen LogP contribution < -0.4 is 5.32 Å². The minimum absolute atomic E-state index is 0.205. The lowest BCUT2D eigenvalue weighted by Gasteiger charge is -2.14.